The number of hydrogen-bond donors (Lipinski definition) is 0. The first-order valence-corrected chi connectivity index (χ1v) is 7.78. The van der Waals surface area contributed by atoms with E-state index in [0.29, 0.717) is 19.5 Å². The highest BCUT2D eigenvalue weighted by atomic mass is 16.4. The van der Waals surface area contributed by atoms with Crippen LogP contribution in [0.5, 0.6) is 0 Å². The van der Waals surface area contributed by atoms with Crippen molar-refractivity contribution >= 4 is 17.6 Å². The molecule has 1 amide bonds. The summed E-state index contributed by atoms with van der Waals surface area (Å²) in [7, 11) is 0. The first-order chi connectivity index (χ1) is 10.5. The van der Waals surface area contributed by atoms with E-state index in [-0.39, 0.29) is 18.7 Å². The van der Waals surface area contributed by atoms with E-state index in [2.05, 4.69) is 36.9 Å². The first-order valence-electron chi connectivity index (χ1n) is 7.78. The van der Waals surface area contributed by atoms with E-state index in [0.717, 1.165) is 13.1 Å². The lowest BCUT2D eigenvalue weighted by Gasteiger charge is -2.37. The predicted molar refractivity (Wildman–Crippen MR) is 83.6 cm³/mol. The van der Waals surface area contributed by atoms with Crippen molar-refractivity contribution in [3.8, 4) is 0 Å². The molecule has 0 aromatic heterocycles. The van der Waals surface area contributed by atoms with Crippen LogP contribution in [0.3, 0.4) is 0 Å². The van der Waals surface area contributed by atoms with Gasteiger partial charge in [-0.25, -0.2) is 0 Å². The fourth-order valence-electron chi connectivity index (χ4n) is 2.82. The Labute approximate surface area is 131 Å². The molecule has 1 aliphatic heterocycles. The monoisotopic (exact) mass is 303 g/mol. The molecule has 0 saturated carbocycles. The molecule has 0 aliphatic carbocycles. The number of aliphatic carboxylic acids is 1. The Morgan fingerprint density at radius 1 is 1.09 bits per heavy atom. The molecule has 1 aromatic carbocycles. The van der Waals surface area contributed by atoms with E-state index >= 15 is 0 Å². The summed E-state index contributed by atoms with van der Waals surface area (Å²) >= 11 is 0. The van der Waals surface area contributed by atoms with Gasteiger partial charge in [-0.3, -0.25) is 4.79 Å². The molecular formula is C17H23N2O3-. The van der Waals surface area contributed by atoms with Crippen molar-refractivity contribution in [2.45, 2.75) is 33.1 Å². The van der Waals surface area contributed by atoms with Gasteiger partial charge in [0.05, 0.1) is 0 Å². The topological polar surface area (TPSA) is 63.7 Å². The summed E-state index contributed by atoms with van der Waals surface area (Å²) in [5, 5.41) is 10.4. The quantitative estimate of drug-likeness (QED) is 0.810. The van der Waals surface area contributed by atoms with Gasteiger partial charge < -0.3 is 19.7 Å². The third kappa shape index (κ3) is 4.00. The molecule has 120 valence electrons. The Morgan fingerprint density at radius 2 is 1.77 bits per heavy atom. The van der Waals surface area contributed by atoms with Gasteiger partial charge in [-0.2, -0.15) is 0 Å². The van der Waals surface area contributed by atoms with Crippen molar-refractivity contribution < 1.29 is 14.7 Å². The van der Waals surface area contributed by atoms with Gasteiger partial charge in [-0.05, 0) is 43.9 Å². The van der Waals surface area contributed by atoms with E-state index in [4.69, 9.17) is 0 Å². The lowest BCUT2D eigenvalue weighted by Crippen LogP contribution is -2.49. The Bertz CT molecular complexity index is 549. The number of carboxylic acids is 1. The molecule has 0 N–H and O–H groups in total. The molecule has 5 nitrogen and oxygen atoms in total. The van der Waals surface area contributed by atoms with Crippen molar-refractivity contribution in [3.05, 3.63) is 29.3 Å². The number of hydrogen-bond acceptors (Lipinski definition) is 4. The normalized spacial score (nSPS) is 15.0. The highest BCUT2D eigenvalue weighted by Crippen LogP contribution is 2.24. The van der Waals surface area contributed by atoms with Crippen LogP contribution in [0.1, 0.15) is 30.4 Å². The second kappa shape index (κ2) is 7.29. The first kappa shape index (κ1) is 16.3. The standard InChI is InChI=1S/C17H24N2O3/c1-13-5-3-6-15(14(13)2)18-9-11-19(12-10-18)16(20)7-4-8-17(21)22/h3,5-6H,4,7-12H2,1-2H3,(H,21,22)/p-1. The molecule has 2 rings (SSSR count). The number of nitrogens with zero attached hydrogens (tertiary/aromatic N) is 2. The van der Waals surface area contributed by atoms with Crippen molar-refractivity contribution in [1.82, 2.24) is 4.90 Å². The lowest BCUT2D eigenvalue weighted by molar-refractivity contribution is -0.305. The second-order valence-corrected chi connectivity index (χ2v) is 5.81. The van der Waals surface area contributed by atoms with E-state index in [1.807, 2.05) is 4.90 Å². The summed E-state index contributed by atoms with van der Waals surface area (Å²) in [6, 6.07) is 6.30. The van der Waals surface area contributed by atoms with Gasteiger partial charge in [0.15, 0.2) is 0 Å². The second-order valence-electron chi connectivity index (χ2n) is 5.81. The Balaban J connectivity index is 1.86. The third-order valence-electron chi connectivity index (χ3n) is 4.32. The molecule has 22 heavy (non-hydrogen) atoms. The fraction of sp³-hybridized carbons (Fsp3) is 0.529. The largest absolute Gasteiger partial charge is 0.550 e. The number of carbonyl (C=O) groups is 2. The van der Waals surface area contributed by atoms with Crippen LogP contribution < -0.4 is 10.0 Å². The number of amides is 1. The summed E-state index contributed by atoms with van der Waals surface area (Å²) in [6.45, 7) is 7.25. The van der Waals surface area contributed by atoms with Crippen LogP contribution in [0.15, 0.2) is 18.2 Å². The molecule has 1 saturated heterocycles. The molecule has 0 unspecified atom stereocenters. The van der Waals surface area contributed by atoms with Gasteiger partial charge in [0.2, 0.25) is 5.91 Å². The molecule has 1 fully saturated rings. The van der Waals surface area contributed by atoms with Gasteiger partial charge in [-0.1, -0.05) is 12.1 Å². The zero-order valence-corrected chi connectivity index (χ0v) is 13.3. The Kier molecular flexibility index (Phi) is 5.41. The minimum absolute atomic E-state index is 0.0434. The summed E-state index contributed by atoms with van der Waals surface area (Å²) < 4.78 is 0. The average Bonchev–Trinajstić information content (AvgIpc) is 2.50. The summed E-state index contributed by atoms with van der Waals surface area (Å²) in [4.78, 5) is 26.6. The lowest BCUT2D eigenvalue weighted by atomic mass is 10.1. The van der Waals surface area contributed by atoms with Crippen molar-refractivity contribution in [2.75, 3.05) is 31.1 Å². The molecule has 0 bridgehead atoms. The highest BCUT2D eigenvalue weighted by molar-refractivity contribution is 5.77. The number of aryl methyl sites for hydroxylation is 1. The summed E-state index contributed by atoms with van der Waals surface area (Å²) in [5.74, 6) is -1.05. The number of rotatable bonds is 5. The zero-order chi connectivity index (χ0) is 16.1. The van der Waals surface area contributed by atoms with Crippen LogP contribution >= 0.6 is 0 Å². The van der Waals surface area contributed by atoms with Crippen LogP contribution in [0.2, 0.25) is 0 Å². The summed E-state index contributed by atoms with van der Waals surface area (Å²) in [6.07, 6.45) is 0.601. The van der Waals surface area contributed by atoms with E-state index in [1.165, 1.54) is 16.8 Å². The van der Waals surface area contributed by atoms with Gasteiger partial charge in [0, 0.05) is 44.3 Å². The highest BCUT2D eigenvalue weighted by Gasteiger charge is 2.21. The number of benzene rings is 1. The van der Waals surface area contributed by atoms with Crippen molar-refractivity contribution in [3.63, 3.8) is 0 Å². The van der Waals surface area contributed by atoms with Crippen LogP contribution in [0.4, 0.5) is 5.69 Å². The molecule has 1 heterocycles. The van der Waals surface area contributed by atoms with Gasteiger partial charge in [-0.15, -0.1) is 0 Å². The molecule has 0 spiro atoms. The predicted octanol–water partition coefficient (Wildman–Crippen LogP) is 0.872. The maximum Gasteiger partial charge on any atom is 0.222 e. The Morgan fingerprint density at radius 3 is 2.41 bits per heavy atom. The van der Waals surface area contributed by atoms with Crippen LogP contribution in [0.25, 0.3) is 0 Å². The zero-order valence-electron chi connectivity index (χ0n) is 13.3. The minimum Gasteiger partial charge on any atom is -0.550 e. The maximum atomic E-state index is 12.0. The van der Waals surface area contributed by atoms with Gasteiger partial charge in [0.25, 0.3) is 0 Å². The molecule has 1 aliphatic rings. The molecule has 0 radical (unpaired) electrons. The van der Waals surface area contributed by atoms with E-state index in [9.17, 15) is 14.7 Å². The molecular weight excluding hydrogens is 280 g/mol. The van der Waals surface area contributed by atoms with Crippen molar-refractivity contribution in [2.24, 2.45) is 0 Å². The minimum atomic E-state index is -1.09. The fourth-order valence-corrected chi connectivity index (χ4v) is 2.82. The van der Waals surface area contributed by atoms with E-state index in [1.54, 1.807) is 0 Å². The van der Waals surface area contributed by atoms with E-state index < -0.39 is 5.97 Å². The molecule has 0 atom stereocenters. The van der Waals surface area contributed by atoms with Gasteiger partial charge in [0.1, 0.15) is 0 Å². The number of anilines is 1. The molecule has 5 heteroatoms. The third-order valence-corrected chi connectivity index (χ3v) is 4.32. The van der Waals surface area contributed by atoms with Crippen molar-refractivity contribution in [1.29, 1.82) is 0 Å². The van der Waals surface area contributed by atoms with Crippen LogP contribution in [-0.2, 0) is 9.59 Å². The summed E-state index contributed by atoms with van der Waals surface area (Å²) in [5.41, 5.74) is 3.80. The van der Waals surface area contributed by atoms with Crippen LogP contribution in [-0.4, -0.2) is 43.0 Å². The smallest absolute Gasteiger partial charge is 0.222 e. The number of piperazine rings is 1. The number of carbonyl (C=O) groups excluding carboxylic acids is 2. The number of carboxylic acid groups (broad SMARTS) is 1. The SMILES string of the molecule is Cc1cccc(N2CCN(C(=O)CCCC(=O)[O-])CC2)c1C. The Hall–Kier alpha value is -2.04. The maximum absolute atomic E-state index is 12.0. The molecule has 1 aromatic rings. The van der Waals surface area contributed by atoms with Crippen LogP contribution in [0, 0.1) is 13.8 Å². The average molecular weight is 303 g/mol. The van der Waals surface area contributed by atoms with Gasteiger partial charge >= 0.3 is 0 Å².